The molecule has 0 amide bonds. The molecule has 0 radical (unpaired) electrons. The Hall–Kier alpha value is -2.71. The maximum Gasteiger partial charge on any atom is 0.442 e. The lowest BCUT2D eigenvalue weighted by atomic mass is 10.0. The molecule has 2 heterocycles. The topological polar surface area (TPSA) is 108 Å². The third-order valence-electron chi connectivity index (χ3n) is 3.54. The monoisotopic (exact) mass is 370 g/mol. The van der Waals surface area contributed by atoms with Crippen LogP contribution in [0, 0.1) is 11.3 Å². The molecule has 0 bridgehead atoms. The predicted octanol–water partition coefficient (Wildman–Crippen LogP) is 2.81. The third-order valence-corrected chi connectivity index (χ3v) is 4.96. The van der Waals surface area contributed by atoms with E-state index in [0.717, 1.165) is 12.3 Å². The molecule has 0 saturated carbocycles. The van der Waals surface area contributed by atoms with Gasteiger partial charge in [0.1, 0.15) is 11.0 Å². The zero-order chi connectivity index (χ0) is 18.3. The van der Waals surface area contributed by atoms with Crippen molar-refractivity contribution in [3.63, 3.8) is 0 Å². The van der Waals surface area contributed by atoms with Crippen molar-refractivity contribution in [3.8, 4) is 6.07 Å². The number of benzene rings is 1. The maximum atomic E-state index is 12.9. The molecule has 0 aliphatic carbocycles. The fourth-order valence-corrected chi connectivity index (χ4v) is 3.23. The van der Waals surface area contributed by atoms with Crippen LogP contribution < -0.4 is 4.72 Å². The van der Waals surface area contributed by atoms with Crippen LogP contribution in [0.5, 0.6) is 0 Å². The largest absolute Gasteiger partial charge is 0.452 e. The number of nitriles is 1. The molecule has 11 heteroatoms. The molecule has 2 aromatic rings. The summed E-state index contributed by atoms with van der Waals surface area (Å²) >= 11 is 0. The highest BCUT2D eigenvalue weighted by molar-refractivity contribution is 7.89. The highest BCUT2D eigenvalue weighted by Gasteiger charge is 2.65. The van der Waals surface area contributed by atoms with E-state index >= 15 is 0 Å². The minimum Gasteiger partial charge on any atom is -0.452 e. The Balaban J connectivity index is 1.72. The van der Waals surface area contributed by atoms with Gasteiger partial charge in [0.05, 0.1) is 6.26 Å². The zero-order valence-corrected chi connectivity index (χ0v) is 13.1. The number of sulfonamides is 1. The second-order valence-electron chi connectivity index (χ2n) is 5.12. The Bertz CT molecular complexity index is 966. The highest BCUT2D eigenvalue weighted by Crippen LogP contribution is 2.52. The summed E-state index contributed by atoms with van der Waals surface area (Å²) < 4.78 is 69.9. The molecule has 0 unspecified atom stereocenters. The Morgan fingerprint density at radius 3 is 2.36 bits per heavy atom. The van der Waals surface area contributed by atoms with Crippen molar-refractivity contribution in [1.82, 2.24) is 4.72 Å². The first kappa shape index (κ1) is 17.1. The van der Waals surface area contributed by atoms with Crippen LogP contribution in [0.1, 0.15) is 16.9 Å². The maximum absolute atomic E-state index is 12.9. The molecule has 7 nitrogen and oxygen atoms in total. The van der Waals surface area contributed by atoms with E-state index in [1.165, 1.54) is 24.3 Å². The lowest BCUT2D eigenvalue weighted by molar-refractivity contribution is -0.166. The summed E-state index contributed by atoms with van der Waals surface area (Å²) in [7, 11) is -3.99. The van der Waals surface area contributed by atoms with Crippen LogP contribution in [0.4, 0.5) is 13.2 Å². The predicted molar refractivity (Wildman–Crippen MR) is 76.5 cm³/mol. The van der Waals surface area contributed by atoms with Crippen molar-refractivity contribution >= 4 is 10.0 Å². The van der Waals surface area contributed by atoms with Crippen LogP contribution in [0.25, 0.3) is 0 Å². The number of halogens is 3. The molecule has 0 atom stereocenters. The van der Waals surface area contributed by atoms with Gasteiger partial charge in [-0.3, -0.25) is 0 Å². The summed E-state index contributed by atoms with van der Waals surface area (Å²) in [6.45, 7) is -0.175. The molecular weight excluding hydrogens is 361 g/mol. The summed E-state index contributed by atoms with van der Waals surface area (Å²) in [6, 6.07) is 7.81. The summed E-state index contributed by atoms with van der Waals surface area (Å²) in [6.07, 6.45) is -3.55. The lowest BCUT2D eigenvalue weighted by Crippen LogP contribution is -2.30. The molecule has 130 valence electrons. The van der Waals surface area contributed by atoms with Crippen molar-refractivity contribution in [3.05, 3.63) is 53.5 Å². The van der Waals surface area contributed by atoms with Crippen LogP contribution in [0.2, 0.25) is 0 Å². The van der Waals surface area contributed by atoms with E-state index < -0.39 is 21.9 Å². The molecule has 1 aromatic heterocycles. The Kier molecular flexibility index (Phi) is 3.89. The van der Waals surface area contributed by atoms with E-state index in [9.17, 15) is 21.6 Å². The van der Waals surface area contributed by atoms with Crippen LogP contribution in [-0.2, 0) is 22.2 Å². The molecule has 3 rings (SSSR count). The second kappa shape index (κ2) is 5.68. The van der Waals surface area contributed by atoms with Gasteiger partial charge in [-0.1, -0.05) is 24.3 Å². The van der Waals surface area contributed by atoms with E-state index in [1.54, 1.807) is 6.07 Å². The van der Waals surface area contributed by atoms with Crippen molar-refractivity contribution in [2.24, 2.45) is 10.2 Å². The van der Waals surface area contributed by atoms with Crippen LogP contribution in [0.3, 0.4) is 0 Å². The van der Waals surface area contributed by atoms with Gasteiger partial charge in [-0.25, -0.2) is 13.1 Å². The summed E-state index contributed by atoms with van der Waals surface area (Å²) in [5.41, 5.74) is -2.23. The SMILES string of the molecule is N#Cc1occc1S(=O)(=O)NCc1ccc(C2(C(F)(F)F)N=N2)cc1. The number of nitrogens with one attached hydrogen (secondary N) is 1. The van der Waals surface area contributed by atoms with Crippen molar-refractivity contribution in [1.29, 1.82) is 5.26 Å². The van der Waals surface area contributed by atoms with Gasteiger partial charge in [0.25, 0.3) is 0 Å². The van der Waals surface area contributed by atoms with Crippen molar-refractivity contribution < 1.29 is 26.0 Å². The first-order chi connectivity index (χ1) is 11.7. The van der Waals surface area contributed by atoms with Crippen molar-refractivity contribution in [2.45, 2.75) is 23.3 Å². The molecule has 1 N–H and O–H groups in total. The van der Waals surface area contributed by atoms with E-state index in [-0.39, 0.29) is 22.8 Å². The molecule has 0 fully saturated rings. The molecule has 0 spiro atoms. The van der Waals surface area contributed by atoms with Gasteiger partial charge in [0.2, 0.25) is 15.8 Å². The quantitative estimate of drug-likeness (QED) is 0.873. The number of rotatable bonds is 5. The fraction of sp³-hybridized carbons (Fsp3) is 0.214. The Morgan fingerprint density at radius 1 is 1.20 bits per heavy atom. The van der Waals surface area contributed by atoms with E-state index in [4.69, 9.17) is 9.68 Å². The van der Waals surface area contributed by atoms with Crippen LogP contribution in [-0.4, -0.2) is 14.6 Å². The van der Waals surface area contributed by atoms with Gasteiger partial charge in [-0.15, -0.1) is 10.2 Å². The molecule has 0 saturated heterocycles. The minimum absolute atomic E-state index is 0.145. The van der Waals surface area contributed by atoms with Crippen LogP contribution in [0.15, 0.2) is 56.1 Å². The average molecular weight is 370 g/mol. The molecule has 25 heavy (non-hydrogen) atoms. The first-order valence-electron chi connectivity index (χ1n) is 6.77. The Labute approximate surface area is 139 Å². The third kappa shape index (κ3) is 3.01. The molecule has 1 aliphatic heterocycles. The summed E-state index contributed by atoms with van der Waals surface area (Å²) in [5.74, 6) is -0.355. The van der Waals surface area contributed by atoms with Crippen molar-refractivity contribution in [2.75, 3.05) is 0 Å². The van der Waals surface area contributed by atoms with E-state index in [0.29, 0.717) is 5.56 Å². The second-order valence-corrected chi connectivity index (χ2v) is 6.85. The fourth-order valence-electron chi connectivity index (χ4n) is 2.14. The molecule has 1 aliphatic rings. The zero-order valence-electron chi connectivity index (χ0n) is 12.3. The Morgan fingerprint density at radius 2 is 1.84 bits per heavy atom. The minimum atomic E-state index is -4.62. The molecular formula is C14H9F3N4O3S. The first-order valence-corrected chi connectivity index (χ1v) is 8.25. The van der Waals surface area contributed by atoms with Gasteiger partial charge in [-0.2, -0.15) is 18.4 Å². The molecule has 1 aromatic carbocycles. The van der Waals surface area contributed by atoms with Gasteiger partial charge in [0, 0.05) is 12.1 Å². The van der Waals surface area contributed by atoms with E-state index in [2.05, 4.69) is 15.0 Å². The standard InChI is InChI=1S/C14H9F3N4O3S/c15-14(16,17)13(20-21-13)10-3-1-9(2-4-10)8-19-25(22,23)12-5-6-24-11(12)7-18/h1-6,19H,8H2. The number of hydrogen-bond acceptors (Lipinski definition) is 6. The normalized spacial score (nSPS) is 15.8. The summed E-state index contributed by atoms with van der Waals surface area (Å²) in [5, 5.41) is 15.0. The smallest absolute Gasteiger partial charge is 0.442 e. The number of furan rings is 1. The van der Waals surface area contributed by atoms with Crippen LogP contribution >= 0.6 is 0 Å². The van der Waals surface area contributed by atoms with Gasteiger partial charge < -0.3 is 4.42 Å². The highest BCUT2D eigenvalue weighted by atomic mass is 32.2. The average Bonchev–Trinajstić information content (AvgIpc) is 3.24. The van der Waals surface area contributed by atoms with Gasteiger partial charge in [0.15, 0.2) is 0 Å². The van der Waals surface area contributed by atoms with E-state index in [1.807, 2.05) is 0 Å². The number of hydrogen-bond donors (Lipinski definition) is 1. The number of alkyl halides is 3. The number of nitrogens with zero attached hydrogens (tertiary/aromatic N) is 3. The van der Waals surface area contributed by atoms with Gasteiger partial charge in [-0.05, 0) is 11.6 Å². The summed E-state index contributed by atoms with van der Waals surface area (Å²) in [4.78, 5) is -0.307. The lowest BCUT2D eigenvalue weighted by Gasteiger charge is -2.15. The van der Waals surface area contributed by atoms with Gasteiger partial charge >= 0.3 is 11.8 Å².